The molecule has 1 aromatic rings. The van der Waals surface area contributed by atoms with Crippen molar-refractivity contribution in [1.29, 1.82) is 0 Å². The van der Waals surface area contributed by atoms with Gasteiger partial charge in [-0.3, -0.25) is 9.69 Å². The Balaban J connectivity index is 2.61. The number of Topliss-reactive ketones (excluding diaryl/α,β-unsaturated/α-hetero) is 1. The SMILES string of the molecule is CC(C)CN(C)CC(=O)c1ccc(C(C)C)cc1. The number of benzene rings is 1. The Morgan fingerprint density at radius 1 is 1.11 bits per heavy atom. The van der Waals surface area contributed by atoms with Crippen molar-refractivity contribution in [3.63, 3.8) is 0 Å². The van der Waals surface area contributed by atoms with Gasteiger partial charge in [0.15, 0.2) is 5.78 Å². The highest BCUT2D eigenvalue weighted by Crippen LogP contribution is 2.15. The topological polar surface area (TPSA) is 20.3 Å². The highest BCUT2D eigenvalue weighted by molar-refractivity contribution is 5.97. The number of carbonyl (C=O) groups excluding carboxylic acids is 1. The van der Waals surface area contributed by atoms with Gasteiger partial charge in [-0.1, -0.05) is 52.0 Å². The fourth-order valence-electron chi connectivity index (χ4n) is 2.08. The zero-order valence-electron chi connectivity index (χ0n) is 12.2. The summed E-state index contributed by atoms with van der Waals surface area (Å²) in [7, 11) is 2.00. The quantitative estimate of drug-likeness (QED) is 0.716. The maximum absolute atomic E-state index is 12.1. The first-order valence-electron chi connectivity index (χ1n) is 6.72. The molecular weight excluding hydrogens is 222 g/mol. The molecule has 0 aromatic heterocycles. The van der Waals surface area contributed by atoms with Crippen LogP contribution in [0.1, 0.15) is 49.5 Å². The van der Waals surface area contributed by atoms with Crippen LogP contribution >= 0.6 is 0 Å². The minimum Gasteiger partial charge on any atom is -0.299 e. The molecule has 0 N–H and O–H groups in total. The van der Waals surface area contributed by atoms with Crippen LogP contribution in [0.5, 0.6) is 0 Å². The van der Waals surface area contributed by atoms with E-state index in [9.17, 15) is 4.79 Å². The second-order valence-electron chi connectivity index (χ2n) is 5.79. The first kappa shape index (κ1) is 14.9. The number of likely N-dealkylation sites (N-methyl/N-ethyl adjacent to an activating group) is 1. The van der Waals surface area contributed by atoms with E-state index in [4.69, 9.17) is 0 Å². The predicted molar refractivity (Wildman–Crippen MR) is 77.2 cm³/mol. The second kappa shape index (κ2) is 6.69. The second-order valence-corrected chi connectivity index (χ2v) is 5.79. The summed E-state index contributed by atoms with van der Waals surface area (Å²) in [6.07, 6.45) is 0. The lowest BCUT2D eigenvalue weighted by Crippen LogP contribution is -2.29. The summed E-state index contributed by atoms with van der Waals surface area (Å²) in [4.78, 5) is 14.2. The molecule has 0 aliphatic rings. The number of hydrogen-bond donors (Lipinski definition) is 0. The molecule has 18 heavy (non-hydrogen) atoms. The molecule has 0 unspecified atom stereocenters. The van der Waals surface area contributed by atoms with Gasteiger partial charge < -0.3 is 0 Å². The molecule has 0 amide bonds. The molecule has 2 heteroatoms. The zero-order chi connectivity index (χ0) is 13.7. The molecule has 0 bridgehead atoms. The average molecular weight is 247 g/mol. The lowest BCUT2D eigenvalue weighted by Gasteiger charge is -2.18. The van der Waals surface area contributed by atoms with Crippen LogP contribution in [0, 0.1) is 5.92 Å². The Kier molecular flexibility index (Phi) is 5.54. The number of nitrogens with zero attached hydrogens (tertiary/aromatic N) is 1. The molecule has 1 rings (SSSR count). The predicted octanol–water partition coefficient (Wildman–Crippen LogP) is 3.58. The van der Waals surface area contributed by atoms with Crippen LogP contribution in [-0.4, -0.2) is 30.8 Å². The van der Waals surface area contributed by atoms with E-state index in [1.807, 2.05) is 19.2 Å². The maximum Gasteiger partial charge on any atom is 0.176 e. The van der Waals surface area contributed by atoms with Crippen molar-refractivity contribution in [3.05, 3.63) is 35.4 Å². The molecular formula is C16H25NO. The van der Waals surface area contributed by atoms with Gasteiger partial charge in [-0.15, -0.1) is 0 Å². The molecule has 100 valence electrons. The monoisotopic (exact) mass is 247 g/mol. The third-order valence-corrected chi connectivity index (χ3v) is 2.99. The summed E-state index contributed by atoms with van der Waals surface area (Å²) in [5.41, 5.74) is 2.09. The summed E-state index contributed by atoms with van der Waals surface area (Å²) in [5.74, 6) is 1.30. The van der Waals surface area contributed by atoms with Crippen LogP contribution in [-0.2, 0) is 0 Å². The summed E-state index contributed by atoms with van der Waals surface area (Å²) in [6, 6.07) is 8.00. The van der Waals surface area contributed by atoms with E-state index in [1.165, 1.54) is 5.56 Å². The van der Waals surface area contributed by atoms with E-state index in [0.717, 1.165) is 12.1 Å². The largest absolute Gasteiger partial charge is 0.299 e. The smallest absolute Gasteiger partial charge is 0.176 e. The Morgan fingerprint density at radius 2 is 1.67 bits per heavy atom. The van der Waals surface area contributed by atoms with Gasteiger partial charge in [0, 0.05) is 12.1 Å². The molecule has 0 aliphatic carbocycles. The van der Waals surface area contributed by atoms with Gasteiger partial charge >= 0.3 is 0 Å². The molecule has 2 nitrogen and oxygen atoms in total. The summed E-state index contributed by atoms with van der Waals surface area (Å²) in [5, 5.41) is 0. The van der Waals surface area contributed by atoms with Crippen LogP contribution in [0.3, 0.4) is 0 Å². The zero-order valence-corrected chi connectivity index (χ0v) is 12.2. The summed E-state index contributed by atoms with van der Waals surface area (Å²) in [6.45, 7) is 10.1. The van der Waals surface area contributed by atoms with Crippen molar-refractivity contribution < 1.29 is 4.79 Å². The lowest BCUT2D eigenvalue weighted by molar-refractivity contribution is 0.0940. The minimum atomic E-state index is 0.202. The van der Waals surface area contributed by atoms with Crippen LogP contribution in [0.25, 0.3) is 0 Å². The van der Waals surface area contributed by atoms with Crippen molar-refractivity contribution in [2.45, 2.75) is 33.6 Å². The molecule has 1 aromatic carbocycles. The van der Waals surface area contributed by atoms with Gasteiger partial charge in [0.2, 0.25) is 0 Å². The lowest BCUT2D eigenvalue weighted by atomic mass is 10.0. The molecule has 0 fully saturated rings. The van der Waals surface area contributed by atoms with Gasteiger partial charge in [-0.05, 0) is 24.4 Å². The summed E-state index contributed by atoms with van der Waals surface area (Å²) < 4.78 is 0. The van der Waals surface area contributed by atoms with Crippen molar-refractivity contribution in [1.82, 2.24) is 4.90 Å². The van der Waals surface area contributed by atoms with Gasteiger partial charge in [-0.2, -0.15) is 0 Å². The van der Waals surface area contributed by atoms with E-state index < -0.39 is 0 Å². The molecule has 0 spiro atoms. The van der Waals surface area contributed by atoms with Gasteiger partial charge in [0.05, 0.1) is 6.54 Å². The average Bonchev–Trinajstić information content (AvgIpc) is 2.27. The Labute approximate surface area is 111 Å². The van der Waals surface area contributed by atoms with E-state index in [-0.39, 0.29) is 5.78 Å². The third-order valence-electron chi connectivity index (χ3n) is 2.99. The summed E-state index contributed by atoms with van der Waals surface area (Å²) >= 11 is 0. The number of hydrogen-bond acceptors (Lipinski definition) is 2. The normalized spacial score (nSPS) is 11.6. The third kappa shape index (κ3) is 4.61. The molecule has 0 radical (unpaired) electrons. The van der Waals surface area contributed by atoms with E-state index >= 15 is 0 Å². The Hall–Kier alpha value is -1.15. The van der Waals surface area contributed by atoms with E-state index in [2.05, 4.69) is 44.7 Å². The van der Waals surface area contributed by atoms with Crippen molar-refractivity contribution in [3.8, 4) is 0 Å². The van der Waals surface area contributed by atoms with Crippen LogP contribution in [0.4, 0.5) is 0 Å². The molecule has 0 saturated carbocycles. The molecule has 0 atom stereocenters. The van der Waals surface area contributed by atoms with Crippen molar-refractivity contribution in [2.75, 3.05) is 20.1 Å². The van der Waals surface area contributed by atoms with E-state index in [1.54, 1.807) is 0 Å². The van der Waals surface area contributed by atoms with Gasteiger partial charge in [0.25, 0.3) is 0 Å². The van der Waals surface area contributed by atoms with Crippen molar-refractivity contribution in [2.24, 2.45) is 5.92 Å². The molecule has 0 saturated heterocycles. The van der Waals surface area contributed by atoms with Crippen LogP contribution < -0.4 is 0 Å². The van der Waals surface area contributed by atoms with Crippen LogP contribution in [0.2, 0.25) is 0 Å². The maximum atomic E-state index is 12.1. The van der Waals surface area contributed by atoms with Gasteiger partial charge in [0.1, 0.15) is 0 Å². The number of rotatable bonds is 6. The van der Waals surface area contributed by atoms with Crippen molar-refractivity contribution >= 4 is 5.78 Å². The first-order valence-corrected chi connectivity index (χ1v) is 6.72. The van der Waals surface area contributed by atoms with Gasteiger partial charge in [-0.25, -0.2) is 0 Å². The molecule has 0 aliphatic heterocycles. The highest BCUT2D eigenvalue weighted by Gasteiger charge is 2.10. The number of ketones is 1. The minimum absolute atomic E-state index is 0.202. The van der Waals surface area contributed by atoms with E-state index in [0.29, 0.717) is 18.4 Å². The fourth-order valence-corrected chi connectivity index (χ4v) is 2.08. The standard InChI is InChI=1S/C16H25NO/c1-12(2)10-17(5)11-16(18)15-8-6-14(7-9-15)13(3)4/h6-9,12-13H,10-11H2,1-5H3. The fraction of sp³-hybridized carbons (Fsp3) is 0.562. The highest BCUT2D eigenvalue weighted by atomic mass is 16.1. The first-order chi connectivity index (χ1) is 8.40. The van der Waals surface area contributed by atoms with Crippen LogP contribution in [0.15, 0.2) is 24.3 Å². The number of carbonyl (C=O) groups is 1. The molecule has 0 heterocycles. The Morgan fingerprint density at radius 3 is 2.11 bits per heavy atom. The Bertz CT molecular complexity index is 379.